The molecule has 1 aromatic rings. The average Bonchev–Trinajstić information content (AvgIpc) is 2.73. The molecule has 4 nitrogen and oxygen atoms in total. The van der Waals surface area contributed by atoms with Crippen LogP contribution in [0.15, 0.2) is 0 Å². The molecule has 1 aliphatic carbocycles. The molecule has 0 atom stereocenters. The van der Waals surface area contributed by atoms with Crippen LogP contribution in [-0.2, 0) is 6.54 Å². The fraction of sp³-hybridized carbons (Fsp3) is 0.800. The second-order valence-corrected chi connectivity index (χ2v) is 7.15. The van der Waals surface area contributed by atoms with Gasteiger partial charge in [0.05, 0.1) is 11.4 Å². The van der Waals surface area contributed by atoms with Gasteiger partial charge in [0.1, 0.15) is 5.82 Å². The van der Waals surface area contributed by atoms with Crippen molar-refractivity contribution in [2.45, 2.75) is 63.7 Å². The second kappa shape index (κ2) is 6.74. The quantitative estimate of drug-likeness (QED) is 0.841. The van der Waals surface area contributed by atoms with E-state index < -0.39 is 0 Å². The third kappa shape index (κ3) is 3.25. The number of aromatic nitrogens is 2. The van der Waals surface area contributed by atoms with Crippen molar-refractivity contribution in [1.82, 2.24) is 9.78 Å². The van der Waals surface area contributed by atoms with Crippen LogP contribution in [0.3, 0.4) is 0 Å². The molecule has 2 rings (SSSR count). The zero-order valence-electron chi connectivity index (χ0n) is 13.0. The summed E-state index contributed by atoms with van der Waals surface area (Å²) in [5, 5.41) is 8.14. The fourth-order valence-electron chi connectivity index (χ4n) is 3.05. The molecule has 1 aromatic heterocycles. The van der Waals surface area contributed by atoms with Gasteiger partial charge in [-0.1, -0.05) is 26.2 Å². The zero-order chi connectivity index (χ0) is 14.6. The van der Waals surface area contributed by atoms with Gasteiger partial charge in [0.25, 0.3) is 0 Å². The highest BCUT2D eigenvalue weighted by Crippen LogP contribution is 2.39. The second-order valence-electron chi connectivity index (χ2n) is 5.87. The average molecular weight is 296 g/mol. The molecule has 5 heteroatoms. The topological polar surface area (TPSA) is 55.9 Å². The number of hydrogen-bond donors (Lipinski definition) is 2. The maximum absolute atomic E-state index is 6.18. The molecule has 0 radical (unpaired) electrons. The van der Waals surface area contributed by atoms with Gasteiger partial charge in [0.2, 0.25) is 0 Å². The Morgan fingerprint density at radius 2 is 2.05 bits per heavy atom. The molecule has 20 heavy (non-hydrogen) atoms. The molecule has 0 unspecified atom stereocenters. The van der Waals surface area contributed by atoms with Crippen molar-refractivity contribution in [2.24, 2.45) is 0 Å². The van der Waals surface area contributed by atoms with E-state index in [0.717, 1.165) is 36.7 Å². The lowest BCUT2D eigenvalue weighted by Crippen LogP contribution is -2.36. The van der Waals surface area contributed by atoms with Gasteiger partial charge in [-0.25, -0.2) is 4.68 Å². The number of thioether (sulfide) groups is 1. The van der Waals surface area contributed by atoms with Gasteiger partial charge in [-0.15, -0.1) is 0 Å². The number of nitrogens with one attached hydrogen (secondary N) is 1. The van der Waals surface area contributed by atoms with Crippen molar-refractivity contribution in [3.8, 4) is 0 Å². The van der Waals surface area contributed by atoms with E-state index in [-0.39, 0.29) is 0 Å². The highest BCUT2D eigenvalue weighted by atomic mass is 32.2. The first-order valence-electron chi connectivity index (χ1n) is 7.74. The van der Waals surface area contributed by atoms with E-state index >= 15 is 0 Å². The van der Waals surface area contributed by atoms with Crippen LogP contribution in [0.5, 0.6) is 0 Å². The summed E-state index contributed by atoms with van der Waals surface area (Å²) in [5.41, 5.74) is 7.93. The molecule has 1 heterocycles. The highest BCUT2D eigenvalue weighted by molar-refractivity contribution is 8.00. The Bertz CT molecular complexity index is 435. The van der Waals surface area contributed by atoms with Gasteiger partial charge in [-0.2, -0.15) is 16.9 Å². The Balaban J connectivity index is 2.09. The minimum absolute atomic E-state index is 0.375. The maximum atomic E-state index is 6.18. The normalized spacial score (nSPS) is 18.1. The van der Waals surface area contributed by atoms with Gasteiger partial charge in [0.15, 0.2) is 0 Å². The number of rotatable bonds is 6. The minimum atomic E-state index is 0.375. The van der Waals surface area contributed by atoms with E-state index in [2.05, 4.69) is 23.6 Å². The first-order chi connectivity index (χ1) is 9.62. The molecular weight excluding hydrogens is 268 g/mol. The van der Waals surface area contributed by atoms with Crippen LogP contribution in [0.1, 0.15) is 51.1 Å². The van der Waals surface area contributed by atoms with Crippen molar-refractivity contribution >= 4 is 23.3 Å². The van der Waals surface area contributed by atoms with Crippen molar-refractivity contribution in [2.75, 3.05) is 23.9 Å². The smallest absolute Gasteiger partial charge is 0.148 e. The Morgan fingerprint density at radius 1 is 1.35 bits per heavy atom. The fourth-order valence-corrected chi connectivity index (χ4v) is 3.96. The van der Waals surface area contributed by atoms with Gasteiger partial charge in [-0.05, 0) is 32.4 Å². The Hall–Kier alpha value is -0.840. The van der Waals surface area contributed by atoms with Gasteiger partial charge in [-0.3, -0.25) is 0 Å². The third-order valence-electron chi connectivity index (χ3n) is 4.38. The van der Waals surface area contributed by atoms with Gasteiger partial charge >= 0.3 is 0 Å². The van der Waals surface area contributed by atoms with E-state index in [1.165, 1.54) is 32.1 Å². The molecule has 0 bridgehead atoms. The lowest BCUT2D eigenvalue weighted by atomic mass is 9.88. The van der Waals surface area contributed by atoms with Gasteiger partial charge in [0, 0.05) is 17.8 Å². The lowest BCUT2D eigenvalue weighted by Gasteiger charge is -2.36. The first-order valence-corrected chi connectivity index (χ1v) is 8.96. The maximum Gasteiger partial charge on any atom is 0.148 e. The Labute approximate surface area is 126 Å². The first kappa shape index (κ1) is 15.5. The van der Waals surface area contributed by atoms with E-state index in [1.54, 1.807) is 0 Å². The molecule has 1 aliphatic rings. The Morgan fingerprint density at radius 3 is 2.65 bits per heavy atom. The van der Waals surface area contributed by atoms with Crippen LogP contribution in [0.25, 0.3) is 0 Å². The minimum Gasteiger partial charge on any atom is -0.394 e. The number of anilines is 2. The summed E-state index contributed by atoms with van der Waals surface area (Å²) in [7, 11) is 0. The zero-order valence-corrected chi connectivity index (χ0v) is 13.9. The van der Waals surface area contributed by atoms with Crippen molar-refractivity contribution < 1.29 is 0 Å². The van der Waals surface area contributed by atoms with Crippen LogP contribution in [-0.4, -0.2) is 27.3 Å². The standard InChI is InChI=1S/C15H28N4S/c1-4-10-19-14(13(16)12(2)18-19)17-11-15(20-3)8-6-5-7-9-15/h17H,4-11,16H2,1-3H3. The van der Waals surface area contributed by atoms with E-state index in [9.17, 15) is 0 Å². The lowest BCUT2D eigenvalue weighted by molar-refractivity contribution is 0.410. The molecule has 0 amide bonds. The van der Waals surface area contributed by atoms with Gasteiger partial charge < -0.3 is 11.1 Å². The van der Waals surface area contributed by atoms with Crippen molar-refractivity contribution in [3.05, 3.63) is 5.69 Å². The Kier molecular flexibility index (Phi) is 5.24. The number of nitrogens with zero attached hydrogens (tertiary/aromatic N) is 2. The molecule has 114 valence electrons. The van der Waals surface area contributed by atoms with Crippen molar-refractivity contribution in [3.63, 3.8) is 0 Å². The number of hydrogen-bond acceptors (Lipinski definition) is 4. The molecule has 0 aromatic carbocycles. The molecule has 1 saturated carbocycles. The monoisotopic (exact) mass is 296 g/mol. The summed E-state index contributed by atoms with van der Waals surface area (Å²) >= 11 is 2.01. The van der Waals surface area contributed by atoms with Crippen molar-refractivity contribution in [1.29, 1.82) is 0 Å². The summed E-state index contributed by atoms with van der Waals surface area (Å²) < 4.78 is 2.40. The molecule has 0 spiro atoms. The summed E-state index contributed by atoms with van der Waals surface area (Å²) in [4.78, 5) is 0. The van der Waals surface area contributed by atoms with Crippen LogP contribution in [0, 0.1) is 6.92 Å². The predicted octanol–water partition coefficient (Wildman–Crippen LogP) is 3.66. The van der Waals surface area contributed by atoms with E-state index in [1.807, 2.05) is 23.4 Å². The molecule has 0 saturated heterocycles. The summed E-state index contributed by atoms with van der Waals surface area (Å²) in [6.07, 6.45) is 10.0. The predicted molar refractivity (Wildman–Crippen MR) is 89.5 cm³/mol. The molecule has 1 fully saturated rings. The van der Waals surface area contributed by atoms with Crippen LogP contribution in [0.4, 0.5) is 11.5 Å². The summed E-state index contributed by atoms with van der Waals surface area (Å²) in [6, 6.07) is 0. The summed E-state index contributed by atoms with van der Waals surface area (Å²) in [5.74, 6) is 1.02. The van der Waals surface area contributed by atoms with Crippen LogP contribution >= 0.6 is 11.8 Å². The van der Waals surface area contributed by atoms with E-state index in [4.69, 9.17) is 5.73 Å². The summed E-state index contributed by atoms with van der Waals surface area (Å²) in [6.45, 7) is 6.07. The molecule has 3 N–H and O–H groups in total. The number of aryl methyl sites for hydroxylation is 2. The largest absolute Gasteiger partial charge is 0.394 e. The molecular formula is C15H28N4S. The van der Waals surface area contributed by atoms with Crippen LogP contribution < -0.4 is 11.1 Å². The molecule has 0 aliphatic heterocycles. The number of nitrogens with two attached hydrogens (primary N) is 1. The SMILES string of the molecule is CCCn1nc(C)c(N)c1NCC1(SC)CCCCC1. The third-order valence-corrected chi connectivity index (χ3v) is 5.80. The van der Waals surface area contributed by atoms with E-state index in [0.29, 0.717) is 4.75 Å². The van der Waals surface area contributed by atoms with Crippen LogP contribution in [0.2, 0.25) is 0 Å². The highest BCUT2D eigenvalue weighted by Gasteiger charge is 2.31. The number of nitrogen functional groups attached to an aromatic ring is 1.